The van der Waals surface area contributed by atoms with Crippen LogP contribution in [0.15, 0.2) is 30.3 Å². The summed E-state index contributed by atoms with van der Waals surface area (Å²) in [6.07, 6.45) is 0.0628. The van der Waals surface area contributed by atoms with Gasteiger partial charge in [-0.05, 0) is 12.1 Å². The molecule has 2 N–H and O–H groups in total. The summed E-state index contributed by atoms with van der Waals surface area (Å²) in [5.41, 5.74) is 0.541. The topological polar surface area (TPSA) is 86.7 Å². The average Bonchev–Trinajstić information content (AvgIpc) is 2.45. The van der Waals surface area contributed by atoms with Crippen molar-refractivity contribution in [2.45, 2.75) is 12.8 Å². The Kier molecular flexibility index (Phi) is 6.22. The van der Waals surface area contributed by atoms with Crippen LogP contribution in [0, 0.1) is 0 Å². The minimum atomic E-state index is -0.943. The Morgan fingerprint density at radius 2 is 1.80 bits per heavy atom. The number of aliphatic carboxylic acids is 1. The van der Waals surface area contributed by atoms with Crippen molar-refractivity contribution in [3.05, 3.63) is 35.9 Å². The van der Waals surface area contributed by atoms with E-state index in [0.717, 1.165) is 0 Å². The number of carbonyl (C=O) groups is 3. The number of nitrogens with zero attached hydrogens (tertiary/aromatic N) is 1. The smallest absolute Gasteiger partial charge is 0.305 e. The maximum absolute atomic E-state index is 11.7. The van der Waals surface area contributed by atoms with E-state index in [0.29, 0.717) is 5.56 Å². The number of hydrogen-bond donors (Lipinski definition) is 2. The third kappa shape index (κ3) is 5.51. The van der Waals surface area contributed by atoms with Gasteiger partial charge in [-0.2, -0.15) is 0 Å². The Labute approximate surface area is 117 Å². The molecule has 1 rings (SSSR count). The minimum absolute atomic E-state index is 0.0847. The molecular weight excluding hydrogens is 260 g/mol. The zero-order valence-electron chi connectivity index (χ0n) is 11.3. The van der Waals surface area contributed by atoms with E-state index >= 15 is 0 Å². The number of carbonyl (C=O) groups excluding carboxylic acids is 2. The molecule has 0 spiro atoms. The zero-order valence-corrected chi connectivity index (χ0v) is 11.3. The van der Waals surface area contributed by atoms with Gasteiger partial charge in [-0.15, -0.1) is 0 Å². The van der Waals surface area contributed by atoms with Crippen molar-refractivity contribution in [1.82, 2.24) is 10.2 Å². The summed E-state index contributed by atoms with van der Waals surface area (Å²) >= 11 is 0. The van der Waals surface area contributed by atoms with Crippen LogP contribution in [0.3, 0.4) is 0 Å². The van der Waals surface area contributed by atoms with Crippen molar-refractivity contribution in [1.29, 1.82) is 0 Å². The summed E-state index contributed by atoms with van der Waals surface area (Å²) in [5.74, 6) is -1.37. The molecule has 0 unspecified atom stereocenters. The van der Waals surface area contributed by atoms with Gasteiger partial charge in [0, 0.05) is 32.1 Å². The summed E-state index contributed by atoms with van der Waals surface area (Å²) in [4.78, 5) is 35.1. The molecule has 6 nitrogen and oxygen atoms in total. The predicted octanol–water partition coefficient (Wildman–Crippen LogP) is 0.740. The van der Waals surface area contributed by atoms with Crippen molar-refractivity contribution in [3.8, 4) is 0 Å². The number of benzene rings is 1. The van der Waals surface area contributed by atoms with Gasteiger partial charge in [-0.3, -0.25) is 14.4 Å². The number of carboxylic acid groups (broad SMARTS) is 1. The molecule has 0 atom stereocenters. The van der Waals surface area contributed by atoms with Crippen molar-refractivity contribution < 1.29 is 19.5 Å². The van der Waals surface area contributed by atoms with E-state index in [9.17, 15) is 14.4 Å². The van der Waals surface area contributed by atoms with Crippen LogP contribution >= 0.6 is 0 Å². The molecule has 0 fully saturated rings. The van der Waals surface area contributed by atoms with Gasteiger partial charge in [-0.25, -0.2) is 0 Å². The highest BCUT2D eigenvalue weighted by Crippen LogP contribution is 1.98. The highest BCUT2D eigenvalue weighted by Gasteiger charge is 2.11. The molecule has 0 heterocycles. The second-order valence-electron chi connectivity index (χ2n) is 4.33. The Morgan fingerprint density at radius 3 is 2.40 bits per heavy atom. The fourth-order valence-corrected chi connectivity index (χ4v) is 1.55. The monoisotopic (exact) mass is 278 g/mol. The van der Waals surface area contributed by atoms with Crippen LogP contribution in [0.5, 0.6) is 0 Å². The number of amides is 2. The highest BCUT2D eigenvalue weighted by atomic mass is 16.4. The van der Waals surface area contributed by atoms with Gasteiger partial charge in [0.25, 0.3) is 5.91 Å². The number of rotatable bonds is 7. The fraction of sp³-hybridized carbons (Fsp3) is 0.357. The van der Waals surface area contributed by atoms with Crippen LogP contribution in [-0.4, -0.2) is 47.9 Å². The summed E-state index contributed by atoms with van der Waals surface area (Å²) in [6, 6.07) is 8.73. The van der Waals surface area contributed by atoms with Crippen LogP contribution in [0.25, 0.3) is 0 Å². The normalized spacial score (nSPS) is 9.85. The van der Waals surface area contributed by atoms with Crippen molar-refractivity contribution in [3.63, 3.8) is 0 Å². The van der Waals surface area contributed by atoms with Gasteiger partial charge in [-0.1, -0.05) is 18.2 Å². The molecule has 0 aliphatic rings. The molecule has 108 valence electrons. The first kappa shape index (κ1) is 15.7. The maximum Gasteiger partial charge on any atom is 0.305 e. The fourth-order valence-electron chi connectivity index (χ4n) is 1.55. The third-order valence-corrected chi connectivity index (χ3v) is 2.75. The number of nitrogens with one attached hydrogen (secondary N) is 1. The Balaban J connectivity index is 2.28. The molecule has 0 saturated heterocycles. The van der Waals surface area contributed by atoms with E-state index in [1.165, 1.54) is 4.90 Å². The molecule has 2 amide bonds. The largest absolute Gasteiger partial charge is 0.481 e. The summed E-state index contributed by atoms with van der Waals surface area (Å²) in [6.45, 7) is 0.394. The van der Waals surface area contributed by atoms with E-state index in [1.54, 1.807) is 31.3 Å². The van der Waals surface area contributed by atoms with Gasteiger partial charge >= 0.3 is 5.97 Å². The first-order valence-electron chi connectivity index (χ1n) is 6.29. The van der Waals surface area contributed by atoms with Gasteiger partial charge in [0.15, 0.2) is 0 Å². The first-order valence-corrected chi connectivity index (χ1v) is 6.29. The van der Waals surface area contributed by atoms with Crippen LogP contribution in [0.4, 0.5) is 0 Å². The van der Waals surface area contributed by atoms with E-state index < -0.39 is 5.97 Å². The second kappa shape index (κ2) is 7.93. The minimum Gasteiger partial charge on any atom is -0.481 e. The highest BCUT2D eigenvalue weighted by molar-refractivity contribution is 5.94. The summed E-state index contributed by atoms with van der Waals surface area (Å²) in [5, 5.41) is 11.2. The van der Waals surface area contributed by atoms with Crippen molar-refractivity contribution in [2.24, 2.45) is 0 Å². The Morgan fingerprint density at radius 1 is 1.15 bits per heavy atom. The summed E-state index contributed by atoms with van der Waals surface area (Å²) < 4.78 is 0. The van der Waals surface area contributed by atoms with Crippen LogP contribution < -0.4 is 5.32 Å². The molecule has 0 radical (unpaired) electrons. The number of carboxylic acids is 1. The Bertz CT molecular complexity index is 473. The van der Waals surface area contributed by atoms with E-state index in [4.69, 9.17) is 5.11 Å². The molecular formula is C14H18N2O4. The third-order valence-electron chi connectivity index (χ3n) is 2.75. The van der Waals surface area contributed by atoms with Crippen molar-refractivity contribution in [2.75, 3.05) is 20.1 Å². The van der Waals surface area contributed by atoms with Gasteiger partial charge in [0.2, 0.25) is 5.91 Å². The van der Waals surface area contributed by atoms with E-state index in [1.807, 2.05) is 6.07 Å². The van der Waals surface area contributed by atoms with Crippen LogP contribution in [0.1, 0.15) is 23.2 Å². The second-order valence-corrected chi connectivity index (χ2v) is 4.33. The SMILES string of the molecule is CN(CCC(=O)O)C(=O)CCNC(=O)c1ccccc1. The zero-order chi connectivity index (χ0) is 15.0. The predicted molar refractivity (Wildman–Crippen MR) is 73.3 cm³/mol. The first-order chi connectivity index (χ1) is 9.50. The molecule has 0 aromatic heterocycles. The molecule has 0 aliphatic heterocycles. The molecule has 1 aromatic rings. The number of hydrogen-bond acceptors (Lipinski definition) is 3. The lowest BCUT2D eigenvalue weighted by Crippen LogP contribution is -2.33. The quantitative estimate of drug-likeness (QED) is 0.770. The maximum atomic E-state index is 11.7. The van der Waals surface area contributed by atoms with E-state index in [-0.39, 0.29) is 37.7 Å². The van der Waals surface area contributed by atoms with Gasteiger partial charge < -0.3 is 15.3 Å². The standard InChI is InChI=1S/C14H18N2O4/c1-16(10-8-13(18)19)12(17)7-9-15-14(20)11-5-3-2-4-6-11/h2-6H,7-10H2,1H3,(H,15,20)(H,18,19). The molecule has 0 aliphatic carbocycles. The van der Waals surface area contributed by atoms with Crippen molar-refractivity contribution >= 4 is 17.8 Å². The van der Waals surface area contributed by atoms with E-state index in [2.05, 4.69) is 5.32 Å². The van der Waals surface area contributed by atoms with Crippen LogP contribution in [-0.2, 0) is 9.59 Å². The Hall–Kier alpha value is -2.37. The van der Waals surface area contributed by atoms with Crippen LogP contribution in [0.2, 0.25) is 0 Å². The summed E-state index contributed by atoms with van der Waals surface area (Å²) in [7, 11) is 1.55. The molecule has 20 heavy (non-hydrogen) atoms. The lowest BCUT2D eigenvalue weighted by atomic mass is 10.2. The average molecular weight is 278 g/mol. The molecule has 0 saturated carbocycles. The lowest BCUT2D eigenvalue weighted by Gasteiger charge is -2.16. The van der Waals surface area contributed by atoms with Gasteiger partial charge in [0.05, 0.1) is 6.42 Å². The lowest BCUT2D eigenvalue weighted by molar-refractivity contribution is -0.138. The molecule has 0 bridgehead atoms. The molecule has 1 aromatic carbocycles. The molecule has 6 heteroatoms. The van der Waals surface area contributed by atoms with Gasteiger partial charge in [0.1, 0.15) is 0 Å².